The number of methoxy groups -OCH3 is 1. The molecule has 0 radical (unpaired) electrons. The lowest BCUT2D eigenvalue weighted by Gasteiger charge is -2.21. The maximum atomic E-state index is 13.0. The van der Waals surface area contributed by atoms with Gasteiger partial charge < -0.3 is 23.7 Å². The largest absolute Gasteiger partial charge is 0.491 e. The first-order chi connectivity index (χ1) is 20.1. The summed E-state index contributed by atoms with van der Waals surface area (Å²) in [5, 5.41) is 0. The molecule has 0 aromatic heterocycles. The van der Waals surface area contributed by atoms with Crippen molar-refractivity contribution in [2.75, 3.05) is 13.7 Å². The SMILES string of the molecule is CCCC=CCC(CC(C)=O)OC(=O)CC(CCCC)OC(=O)CC(C)OC(=O)CC(COc1ccc(F)cc1)OC. The Morgan fingerprint density at radius 2 is 1.43 bits per heavy atom. The molecule has 0 fully saturated rings. The van der Waals surface area contributed by atoms with Gasteiger partial charge in [-0.05, 0) is 51.0 Å². The Balaban J connectivity index is 2.58. The van der Waals surface area contributed by atoms with E-state index < -0.39 is 42.3 Å². The van der Waals surface area contributed by atoms with E-state index in [0.717, 1.165) is 25.7 Å². The molecule has 0 bridgehead atoms. The van der Waals surface area contributed by atoms with E-state index in [9.17, 15) is 23.6 Å². The van der Waals surface area contributed by atoms with Crippen LogP contribution in [0.25, 0.3) is 0 Å². The molecule has 42 heavy (non-hydrogen) atoms. The number of carbonyl (C=O) groups is 4. The predicted octanol–water partition coefficient (Wildman–Crippen LogP) is 6.06. The van der Waals surface area contributed by atoms with Crippen molar-refractivity contribution in [1.82, 2.24) is 0 Å². The van der Waals surface area contributed by atoms with Gasteiger partial charge in [0.05, 0.1) is 19.3 Å². The highest BCUT2D eigenvalue weighted by molar-refractivity contribution is 5.77. The fourth-order valence-electron chi connectivity index (χ4n) is 3.98. The van der Waals surface area contributed by atoms with Crippen LogP contribution in [0.15, 0.2) is 36.4 Å². The lowest BCUT2D eigenvalue weighted by molar-refractivity contribution is -0.161. The van der Waals surface area contributed by atoms with Gasteiger partial charge in [-0.1, -0.05) is 45.3 Å². The Morgan fingerprint density at radius 3 is 2.05 bits per heavy atom. The van der Waals surface area contributed by atoms with Crippen LogP contribution in [0.3, 0.4) is 0 Å². The van der Waals surface area contributed by atoms with Crippen LogP contribution in [0, 0.1) is 5.82 Å². The summed E-state index contributed by atoms with van der Waals surface area (Å²) in [6, 6.07) is 5.47. The first kappa shape index (κ1) is 36.8. The minimum absolute atomic E-state index is 0.0468. The predicted molar refractivity (Wildman–Crippen MR) is 155 cm³/mol. The van der Waals surface area contributed by atoms with Gasteiger partial charge in [0.25, 0.3) is 0 Å². The second-order valence-corrected chi connectivity index (χ2v) is 10.3. The minimum atomic E-state index is -0.769. The number of carbonyl (C=O) groups excluding carboxylic acids is 4. The highest BCUT2D eigenvalue weighted by Crippen LogP contribution is 2.16. The van der Waals surface area contributed by atoms with Crippen molar-refractivity contribution in [2.24, 2.45) is 0 Å². The Bertz CT molecular complexity index is 977. The zero-order valence-corrected chi connectivity index (χ0v) is 25.6. The van der Waals surface area contributed by atoms with E-state index in [1.54, 1.807) is 6.92 Å². The molecule has 0 N–H and O–H groups in total. The Labute approximate surface area is 249 Å². The zero-order valence-electron chi connectivity index (χ0n) is 25.6. The van der Waals surface area contributed by atoms with Crippen LogP contribution in [0.5, 0.6) is 5.75 Å². The quantitative estimate of drug-likeness (QED) is 0.0897. The molecule has 1 aromatic carbocycles. The molecule has 10 heteroatoms. The van der Waals surface area contributed by atoms with Gasteiger partial charge >= 0.3 is 17.9 Å². The van der Waals surface area contributed by atoms with Crippen LogP contribution in [0.4, 0.5) is 4.39 Å². The topological polar surface area (TPSA) is 114 Å². The standard InChI is InChI=1S/C32H47FO9/c1-6-8-10-11-13-27(18-23(3)34)41-32(37)20-28(12-9-7-2)42-30(35)19-24(4)40-31(36)21-29(38-5)22-39-26-16-14-25(33)15-17-26/h10-11,14-17,24,27-29H,6-9,12-13,18-22H2,1-5H3. The van der Waals surface area contributed by atoms with Crippen LogP contribution < -0.4 is 4.74 Å². The van der Waals surface area contributed by atoms with Gasteiger partial charge in [-0.2, -0.15) is 0 Å². The van der Waals surface area contributed by atoms with Crippen LogP contribution in [-0.2, 0) is 38.1 Å². The summed E-state index contributed by atoms with van der Waals surface area (Å²) >= 11 is 0. The van der Waals surface area contributed by atoms with E-state index in [-0.39, 0.29) is 43.9 Å². The van der Waals surface area contributed by atoms with E-state index in [1.807, 2.05) is 19.1 Å². The summed E-state index contributed by atoms with van der Waals surface area (Å²) in [6.07, 6.45) is 5.36. The van der Waals surface area contributed by atoms with Crippen molar-refractivity contribution in [1.29, 1.82) is 0 Å². The molecule has 0 saturated heterocycles. The summed E-state index contributed by atoms with van der Waals surface area (Å²) in [5.41, 5.74) is 0. The third-order valence-electron chi connectivity index (χ3n) is 6.17. The molecule has 1 aromatic rings. The molecule has 0 aliphatic carbocycles. The van der Waals surface area contributed by atoms with E-state index in [2.05, 4.69) is 6.92 Å². The summed E-state index contributed by atoms with van der Waals surface area (Å²) in [5.74, 6) is -1.75. The van der Waals surface area contributed by atoms with E-state index in [0.29, 0.717) is 18.6 Å². The van der Waals surface area contributed by atoms with Gasteiger partial charge in [0.2, 0.25) is 0 Å². The van der Waals surface area contributed by atoms with Gasteiger partial charge in [0, 0.05) is 20.0 Å². The van der Waals surface area contributed by atoms with Crippen LogP contribution in [0.1, 0.15) is 91.9 Å². The fraction of sp³-hybridized carbons (Fsp3) is 0.625. The van der Waals surface area contributed by atoms with Crippen molar-refractivity contribution in [2.45, 2.75) is 116 Å². The normalized spacial score (nSPS) is 14.0. The van der Waals surface area contributed by atoms with Gasteiger partial charge in [0.1, 0.15) is 48.4 Å². The second kappa shape index (κ2) is 21.4. The average molecular weight is 595 g/mol. The summed E-state index contributed by atoms with van der Waals surface area (Å²) in [6.45, 7) is 7.12. The number of hydrogen-bond acceptors (Lipinski definition) is 9. The third kappa shape index (κ3) is 17.5. The van der Waals surface area contributed by atoms with Crippen molar-refractivity contribution in [3.63, 3.8) is 0 Å². The molecule has 9 nitrogen and oxygen atoms in total. The number of halogens is 1. The molecule has 0 saturated carbocycles. The number of allylic oxidation sites excluding steroid dienone is 1. The van der Waals surface area contributed by atoms with Crippen LogP contribution in [0.2, 0.25) is 0 Å². The van der Waals surface area contributed by atoms with Crippen LogP contribution in [-0.4, -0.2) is 61.8 Å². The highest BCUT2D eigenvalue weighted by Gasteiger charge is 2.24. The van der Waals surface area contributed by atoms with Crippen molar-refractivity contribution in [3.05, 3.63) is 42.2 Å². The Morgan fingerprint density at radius 1 is 0.810 bits per heavy atom. The lowest BCUT2D eigenvalue weighted by Crippen LogP contribution is -2.29. The molecule has 1 rings (SSSR count). The first-order valence-corrected chi connectivity index (χ1v) is 14.7. The van der Waals surface area contributed by atoms with Gasteiger partial charge in [-0.15, -0.1) is 0 Å². The number of unbranched alkanes of at least 4 members (excludes halogenated alkanes) is 2. The van der Waals surface area contributed by atoms with Gasteiger partial charge in [0.15, 0.2) is 0 Å². The van der Waals surface area contributed by atoms with Crippen molar-refractivity contribution < 1.29 is 47.3 Å². The number of esters is 3. The molecule has 0 amide bonds. The monoisotopic (exact) mass is 594 g/mol. The molecule has 0 aliphatic rings. The number of hydrogen-bond donors (Lipinski definition) is 0. The highest BCUT2D eigenvalue weighted by atomic mass is 19.1. The number of benzene rings is 1. The second-order valence-electron chi connectivity index (χ2n) is 10.3. The van der Waals surface area contributed by atoms with E-state index in [4.69, 9.17) is 23.7 Å². The third-order valence-corrected chi connectivity index (χ3v) is 6.17. The molecule has 0 heterocycles. The molecule has 4 atom stereocenters. The number of ether oxygens (including phenoxy) is 5. The zero-order chi connectivity index (χ0) is 31.3. The Hall–Kier alpha value is -3.27. The van der Waals surface area contributed by atoms with E-state index >= 15 is 0 Å². The fourth-order valence-corrected chi connectivity index (χ4v) is 3.98. The van der Waals surface area contributed by atoms with Gasteiger partial charge in [-0.25, -0.2) is 4.39 Å². The summed E-state index contributed by atoms with van der Waals surface area (Å²) in [7, 11) is 1.43. The minimum Gasteiger partial charge on any atom is -0.491 e. The average Bonchev–Trinajstić information content (AvgIpc) is 2.92. The molecule has 0 spiro atoms. The smallest absolute Gasteiger partial charge is 0.309 e. The van der Waals surface area contributed by atoms with Crippen molar-refractivity contribution >= 4 is 23.7 Å². The van der Waals surface area contributed by atoms with Crippen molar-refractivity contribution in [3.8, 4) is 5.75 Å². The summed E-state index contributed by atoms with van der Waals surface area (Å²) in [4.78, 5) is 49.4. The number of Topliss-reactive ketones (excluding diaryl/α,β-unsaturated/α-hetero) is 1. The Kier molecular flexibility index (Phi) is 18.8. The molecular formula is C32H47FO9. The first-order valence-electron chi connectivity index (χ1n) is 14.7. The molecule has 4 unspecified atom stereocenters. The molecule has 0 aliphatic heterocycles. The lowest BCUT2D eigenvalue weighted by atomic mass is 10.1. The van der Waals surface area contributed by atoms with Gasteiger partial charge in [-0.3, -0.25) is 19.2 Å². The van der Waals surface area contributed by atoms with Crippen LogP contribution >= 0.6 is 0 Å². The number of rotatable bonds is 22. The molecular weight excluding hydrogens is 547 g/mol. The number of ketones is 1. The molecule has 236 valence electrons. The summed E-state index contributed by atoms with van der Waals surface area (Å²) < 4.78 is 40.3. The maximum absolute atomic E-state index is 13.0. The maximum Gasteiger partial charge on any atom is 0.309 e. The van der Waals surface area contributed by atoms with E-state index in [1.165, 1.54) is 38.3 Å².